The Balaban J connectivity index is 1.71. The number of esters is 1. The molecule has 0 saturated heterocycles. The van der Waals surface area contributed by atoms with E-state index < -0.39 is 16.8 Å². The lowest BCUT2D eigenvalue weighted by molar-refractivity contribution is -0.402. The van der Waals surface area contributed by atoms with Gasteiger partial charge in [-0.15, -0.1) is 0 Å². The first-order valence-corrected chi connectivity index (χ1v) is 6.52. The normalized spacial score (nSPS) is 10.7. The van der Waals surface area contributed by atoms with Crippen molar-refractivity contribution < 1.29 is 28.0 Å². The predicted octanol–water partition coefficient (Wildman–Crippen LogP) is 2.96. The zero-order valence-electron chi connectivity index (χ0n) is 11.8. The van der Waals surface area contributed by atoms with Gasteiger partial charge in [0.15, 0.2) is 0 Å². The summed E-state index contributed by atoms with van der Waals surface area (Å²) in [7, 11) is 0. The highest BCUT2D eigenvalue weighted by Crippen LogP contribution is 2.16. The van der Waals surface area contributed by atoms with E-state index >= 15 is 0 Å². The summed E-state index contributed by atoms with van der Waals surface area (Å²) in [5, 5.41) is 10.4. The Morgan fingerprint density at radius 3 is 2.61 bits per heavy atom. The molecule has 1 aromatic carbocycles. The number of hydrogen-bond donors (Lipinski definition) is 0. The minimum atomic E-state index is -0.678. The second-order valence-corrected chi connectivity index (χ2v) is 4.24. The second-order valence-electron chi connectivity index (χ2n) is 4.24. The molecule has 0 aliphatic rings. The van der Waals surface area contributed by atoms with Crippen molar-refractivity contribution >= 4 is 17.9 Å². The molecular formula is C15H12FNO6. The summed E-state index contributed by atoms with van der Waals surface area (Å²) in [6.45, 7) is 0.107. The fraction of sp³-hybridized carbons (Fsp3) is 0.133. The third-order valence-corrected chi connectivity index (χ3v) is 2.59. The van der Waals surface area contributed by atoms with Gasteiger partial charge in [0, 0.05) is 6.08 Å². The molecule has 0 amide bonds. The number of hydrogen-bond acceptors (Lipinski definition) is 6. The fourth-order valence-electron chi connectivity index (χ4n) is 1.56. The van der Waals surface area contributed by atoms with Crippen molar-refractivity contribution in [3.63, 3.8) is 0 Å². The van der Waals surface area contributed by atoms with E-state index in [1.54, 1.807) is 0 Å². The van der Waals surface area contributed by atoms with Gasteiger partial charge in [0.05, 0.1) is 6.07 Å². The third kappa shape index (κ3) is 5.27. The van der Waals surface area contributed by atoms with Gasteiger partial charge in [-0.25, -0.2) is 9.18 Å². The molecule has 0 aliphatic heterocycles. The van der Waals surface area contributed by atoms with Crippen LogP contribution in [0.1, 0.15) is 5.76 Å². The molecule has 0 N–H and O–H groups in total. The number of rotatable bonds is 7. The van der Waals surface area contributed by atoms with Gasteiger partial charge < -0.3 is 13.9 Å². The van der Waals surface area contributed by atoms with Crippen molar-refractivity contribution in [1.82, 2.24) is 0 Å². The average molecular weight is 321 g/mol. The topological polar surface area (TPSA) is 91.8 Å². The summed E-state index contributed by atoms with van der Waals surface area (Å²) >= 11 is 0. The minimum Gasteiger partial charge on any atom is -0.490 e. The Morgan fingerprint density at radius 1 is 1.22 bits per heavy atom. The van der Waals surface area contributed by atoms with Crippen molar-refractivity contribution in [3.05, 3.63) is 64.2 Å². The summed E-state index contributed by atoms with van der Waals surface area (Å²) in [6, 6.07) is 7.97. The molecule has 8 heteroatoms. The smallest absolute Gasteiger partial charge is 0.433 e. The number of furan rings is 1. The van der Waals surface area contributed by atoms with Gasteiger partial charge in [0.25, 0.3) is 0 Å². The van der Waals surface area contributed by atoms with Crippen molar-refractivity contribution in [1.29, 1.82) is 0 Å². The Hall–Kier alpha value is -3.16. The van der Waals surface area contributed by atoms with E-state index in [4.69, 9.17) is 13.9 Å². The van der Waals surface area contributed by atoms with Crippen molar-refractivity contribution in [2.75, 3.05) is 13.2 Å². The highest BCUT2D eigenvalue weighted by molar-refractivity contribution is 5.86. The molecule has 0 bridgehead atoms. The fourth-order valence-corrected chi connectivity index (χ4v) is 1.56. The number of carbonyl (C=O) groups is 1. The molecule has 0 radical (unpaired) electrons. The molecule has 0 fully saturated rings. The lowest BCUT2D eigenvalue weighted by Gasteiger charge is -2.05. The Labute approximate surface area is 130 Å². The quantitative estimate of drug-likeness (QED) is 0.256. The van der Waals surface area contributed by atoms with Crippen LogP contribution in [0.4, 0.5) is 10.3 Å². The summed E-state index contributed by atoms with van der Waals surface area (Å²) < 4.78 is 27.6. The van der Waals surface area contributed by atoms with Gasteiger partial charge in [0.2, 0.25) is 0 Å². The van der Waals surface area contributed by atoms with E-state index in [0.717, 1.165) is 6.08 Å². The highest BCUT2D eigenvalue weighted by Gasteiger charge is 2.10. The number of carbonyl (C=O) groups excluding carboxylic acids is 1. The van der Waals surface area contributed by atoms with Gasteiger partial charge in [-0.05, 0) is 36.4 Å². The van der Waals surface area contributed by atoms with Crippen molar-refractivity contribution in [2.45, 2.75) is 0 Å². The van der Waals surface area contributed by atoms with E-state index in [0.29, 0.717) is 5.75 Å². The molecule has 23 heavy (non-hydrogen) atoms. The van der Waals surface area contributed by atoms with Crippen LogP contribution in [0, 0.1) is 15.9 Å². The lowest BCUT2D eigenvalue weighted by atomic mass is 10.3. The zero-order chi connectivity index (χ0) is 16.7. The molecule has 2 rings (SSSR count). The Bertz CT molecular complexity index is 707. The zero-order valence-corrected chi connectivity index (χ0v) is 11.8. The molecule has 0 atom stereocenters. The van der Waals surface area contributed by atoms with E-state index in [1.807, 2.05) is 0 Å². The monoisotopic (exact) mass is 321 g/mol. The average Bonchev–Trinajstić information content (AvgIpc) is 3.00. The van der Waals surface area contributed by atoms with Crippen LogP contribution in [0.2, 0.25) is 0 Å². The first-order valence-electron chi connectivity index (χ1n) is 6.52. The minimum absolute atomic E-state index is 0.00114. The van der Waals surface area contributed by atoms with E-state index in [1.165, 1.54) is 42.5 Å². The summed E-state index contributed by atoms with van der Waals surface area (Å²) in [5.41, 5.74) is 0. The van der Waals surface area contributed by atoms with Crippen LogP contribution >= 0.6 is 0 Å². The Morgan fingerprint density at radius 2 is 1.96 bits per heavy atom. The van der Waals surface area contributed by atoms with Crippen LogP contribution in [-0.4, -0.2) is 24.1 Å². The van der Waals surface area contributed by atoms with Crippen LogP contribution in [0.15, 0.2) is 46.9 Å². The second kappa shape index (κ2) is 7.74. The van der Waals surface area contributed by atoms with Gasteiger partial charge in [0.1, 0.15) is 35.5 Å². The van der Waals surface area contributed by atoms with Crippen LogP contribution in [0.3, 0.4) is 0 Å². The number of nitrogens with zero attached hydrogens (tertiary/aromatic N) is 1. The Kier molecular flexibility index (Phi) is 5.45. The maximum atomic E-state index is 12.7. The van der Waals surface area contributed by atoms with Crippen molar-refractivity contribution in [2.24, 2.45) is 0 Å². The van der Waals surface area contributed by atoms with Crippen LogP contribution in [0.5, 0.6) is 5.75 Å². The molecule has 7 nitrogen and oxygen atoms in total. The predicted molar refractivity (Wildman–Crippen MR) is 77.3 cm³/mol. The molecule has 0 saturated carbocycles. The SMILES string of the molecule is O=C(/C=C/c1ccc([N+](=O)[O-])o1)OCCOc1ccc(F)cc1. The van der Waals surface area contributed by atoms with Gasteiger partial charge >= 0.3 is 11.9 Å². The third-order valence-electron chi connectivity index (χ3n) is 2.59. The molecule has 0 spiro atoms. The van der Waals surface area contributed by atoms with Crippen LogP contribution < -0.4 is 4.74 Å². The summed E-state index contributed by atoms with van der Waals surface area (Å²) in [6.07, 6.45) is 2.34. The summed E-state index contributed by atoms with van der Waals surface area (Å²) in [5.74, 6) is -0.804. The van der Waals surface area contributed by atoms with E-state index in [9.17, 15) is 19.3 Å². The summed E-state index contributed by atoms with van der Waals surface area (Å²) in [4.78, 5) is 21.2. The maximum absolute atomic E-state index is 12.7. The molecule has 1 heterocycles. The molecule has 0 aliphatic carbocycles. The highest BCUT2D eigenvalue weighted by atomic mass is 19.1. The van der Waals surface area contributed by atoms with Crippen LogP contribution in [-0.2, 0) is 9.53 Å². The number of nitro groups is 1. The number of benzene rings is 1. The van der Waals surface area contributed by atoms with Gasteiger partial charge in [-0.1, -0.05) is 0 Å². The molecule has 2 aromatic rings. The van der Waals surface area contributed by atoms with E-state index in [-0.39, 0.29) is 24.8 Å². The first kappa shape index (κ1) is 16.2. The van der Waals surface area contributed by atoms with E-state index in [2.05, 4.69) is 0 Å². The van der Waals surface area contributed by atoms with Crippen LogP contribution in [0.25, 0.3) is 6.08 Å². The molecule has 1 aromatic heterocycles. The lowest BCUT2D eigenvalue weighted by Crippen LogP contribution is -2.10. The first-order chi connectivity index (χ1) is 11.0. The molecule has 0 unspecified atom stereocenters. The molecule has 120 valence electrons. The molecular weight excluding hydrogens is 309 g/mol. The van der Waals surface area contributed by atoms with Crippen molar-refractivity contribution in [3.8, 4) is 5.75 Å². The largest absolute Gasteiger partial charge is 0.490 e. The number of ether oxygens (including phenoxy) is 2. The van der Waals surface area contributed by atoms with Gasteiger partial charge in [-0.3, -0.25) is 10.1 Å². The standard InChI is InChI=1S/C15H12FNO6/c16-11-1-3-12(4-2-11)21-9-10-22-15(18)8-6-13-5-7-14(23-13)17(19)20/h1-8H,9-10H2/b8-6+. The number of halogens is 1. The maximum Gasteiger partial charge on any atom is 0.433 e. The van der Waals surface area contributed by atoms with Gasteiger partial charge in [-0.2, -0.15) is 0 Å².